The molecule has 5 N–H and O–H groups in total. The third-order valence-electron chi connectivity index (χ3n) is 4.73. The lowest BCUT2D eigenvalue weighted by molar-refractivity contribution is 0.411. The molecule has 0 saturated carbocycles. The molecule has 158 valence electrons. The number of hydrogen-bond acceptors (Lipinski definition) is 7. The van der Waals surface area contributed by atoms with Crippen LogP contribution in [0.3, 0.4) is 0 Å². The van der Waals surface area contributed by atoms with Crippen molar-refractivity contribution >= 4 is 21.8 Å². The molecule has 0 unspecified atom stereocenters. The Hall–Kier alpha value is -3.17. The third kappa shape index (κ3) is 5.05. The number of rotatable bonds is 7. The van der Waals surface area contributed by atoms with Crippen LogP contribution in [0.2, 0.25) is 0 Å². The van der Waals surface area contributed by atoms with Gasteiger partial charge in [-0.1, -0.05) is 12.1 Å². The van der Waals surface area contributed by atoms with Gasteiger partial charge in [0.25, 0.3) is 0 Å². The lowest BCUT2D eigenvalue weighted by Crippen LogP contribution is -2.12. The van der Waals surface area contributed by atoms with E-state index in [0.29, 0.717) is 18.8 Å². The third-order valence-corrected chi connectivity index (χ3v) is 5.66. The van der Waals surface area contributed by atoms with E-state index in [4.69, 9.17) is 15.6 Å². The fraction of sp³-hybridized carbons (Fsp3) is 0.238. The van der Waals surface area contributed by atoms with E-state index in [1.807, 2.05) is 32.0 Å². The summed E-state index contributed by atoms with van der Waals surface area (Å²) in [5.41, 5.74) is 10.6. The lowest BCUT2D eigenvalue weighted by atomic mass is 10.0. The van der Waals surface area contributed by atoms with Crippen molar-refractivity contribution in [1.29, 1.82) is 0 Å². The van der Waals surface area contributed by atoms with Crippen LogP contribution in [0.25, 0.3) is 11.3 Å². The molecule has 0 fully saturated rings. The number of primary sulfonamides is 1. The molecule has 0 radical (unpaired) electrons. The van der Waals surface area contributed by atoms with Crippen molar-refractivity contribution in [1.82, 2.24) is 9.97 Å². The Morgan fingerprint density at radius 3 is 2.37 bits per heavy atom. The van der Waals surface area contributed by atoms with Crippen LogP contribution < -0.4 is 20.9 Å². The van der Waals surface area contributed by atoms with E-state index in [1.54, 1.807) is 19.2 Å². The predicted octanol–water partition coefficient (Wildman–Crippen LogP) is 2.65. The molecule has 0 aliphatic carbocycles. The SMILES string of the molecule is COc1cc(C)c(-c2cc(NCCc3ccc(S(N)(=O)=O)cc3)nc(N)n2)cc1C. The second-order valence-corrected chi connectivity index (χ2v) is 8.56. The van der Waals surface area contributed by atoms with Crippen LogP contribution in [0.15, 0.2) is 47.4 Å². The monoisotopic (exact) mass is 427 g/mol. The highest BCUT2D eigenvalue weighted by Gasteiger charge is 2.11. The maximum atomic E-state index is 11.3. The van der Waals surface area contributed by atoms with Crippen LogP contribution in [-0.2, 0) is 16.4 Å². The van der Waals surface area contributed by atoms with Crippen molar-refractivity contribution in [3.05, 3.63) is 59.2 Å². The molecule has 0 saturated heterocycles. The number of nitrogens with zero attached hydrogens (tertiary/aromatic N) is 2. The number of hydrogen-bond donors (Lipinski definition) is 3. The molecule has 1 aromatic heterocycles. The van der Waals surface area contributed by atoms with Gasteiger partial charge in [0.1, 0.15) is 11.6 Å². The molecule has 0 aliphatic rings. The topological polar surface area (TPSA) is 133 Å². The maximum absolute atomic E-state index is 11.3. The number of methoxy groups -OCH3 is 1. The number of nitrogen functional groups attached to an aromatic ring is 1. The van der Waals surface area contributed by atoms with Gasteiger partial charge in [0.05, 0.1) is 17.7 Å². The first-order chi connectivity index (χ1) is 14.2. The zero-order chi connectivity index (χ0) is 21.9. The molecule has 3 rings (SSSR count). The minimum absolute atomic E-state index is 0.0950. The first-order valence-electron chi connectivity index (χ1n) is 9.33. The summed E-state index contributed by atoms with van der Waals surface area (Å²) in [5.74, 6) is 1.62. The summed E-state index contributed by atoms with van der Waals surface area (Å²) in [6, 6.07) is 12.3. The minimum Gasteiger partial charge on any atom is -0.496 e. The number of nitrogens with one attached hydrogen (secondary N) is 1. The van der Waals surface area contributed by atoms with E-state index in [0.717, 1.165) is 33.7 Å². The standard InChI is InChI=1S/C21H25N5O3S/c1-13-11-19(29-3)14(2)10-17(13)18-12-20(26-21(22)25-18)24-9-8-15-4-6-16(7-5-15)30(23,27)28/h4-7,10-12H,8-9H2,1-3H3,(H2,23,27,28)(H3,22,24,25,26). The molecular weight excluding hydrogens is 402 g/mol. The number of benzene rings is 2. The fourth-order valence-corrected chi connectivity index (χ4v) is 3.68. The average molecular weight is 428 g/mol. The maximum Gasteiger partial charge on any atom is 0.238 e. The van der Waals surface area contributed by atoms with Gasteiger partial charge in [-0.05, 0) is 61.2 Å². The van der Waals surface area contributed by atoms with Crippen molar-refractivity contribution in [3.63, 3.8) is 0 Å². The van der Waals surface area contributed by atoms with E-state index >= 15 is 0 Å². The Bertz CT molecular complexity index is 1160. The van der Waals surface area contributed by atoms with E-state index in [1.165, 1.54) is 12.1 Å². The van der Waals surface area contributed by atoms with Gasteiger partial charge in [-0.15, -0.1) is 0 Å². The van der Waals surface area contributed by atoms with Crippen molar-refractivity contribution in [2.24, 2.45) is 5.14 Å². The summed E-state index contributed by atoms with van der Waals surface area (Å²) in [6.45, 7) is 4.56. The number of nitrogens with two attached hydrogens (primary N) is 2. The first kappa shape index (κ1) is 21.5. The smallest absolute Gasteiger partial charge is 0.238 e. The molecule has 0 atom stereocenters. The molecule has 1 heterocycles. The van der Waals surface area contributed by atoms with E-state index < -0.39 is 10.0 Å². The van der Waals surface area contributed by atoms with Gasteiger partial charge in [-0.3, -0.25) is 0 Å². The van der Waals surface area contributed by atoms with E-state index in [9.17, 15) is 8.42 Å². The molecule has 8 nitrogen and oxygen atoms in total. The Morgan fingerprint density at radius 2 is 1.73 bits per heavy atom. The highest BCUT2D eigenvalue weighted by Crippen LogP contribution is 2.30. The number of sulfonamides is 1. The summed E-state index contributed by atoms with van der Waals surface area (Å²) >= 11 is 0. The number of anilines is 2. The van der Waals surface area contributed by atoms with Crippen LogP contribution in [0.1, 0.15) is 16.7 Å². The second kappa shape index (κ2) is 8.68. The van der Waals surface area contributed by atoms with Crippen LogP contribution in [0.5, 0.6) is 5.75 Å². The van der Waals surface area contributed by atoms with Gasteiger partial charge >= 0.3 is 0 Å². The molecule has 9 heteroatoms. The number of aryl methyl sites for hydroxylation is 2. The summed E-state index contributed by atoms with van der Waals surface area (Å²) in [5, 5.41) is 8.37. The molecule has 30 heavy (non-hydrogen) atoms. The van der Waals surface area contributed by atoms with Crippen LogP contribution in [0, 0.1) is 13.8 Å². The first-order valence-corrected chi connectivity index (χ1v) is 10.9. The molecule has 0 spiro atoms. The summed E-state index contributed by atoms with van der Waals surface area (Å²) < 4.78 is 28.0. The number of aromatic nitrogens is 2. The van der Waals surface area contributed by atoms with Crippen LogP contribution >= 0.6 is 0 Å². The molecule has 0 bridgehead atoms. The van der Waals surface area contributed by atoms with E-state index in [-0.39, 0.29) is 10.8 Å². The summed E-state index contributed by atoms with van der Waals surface area (Å²) in [6.07, 6.45) is 0.671. The zero-order valence-corrected chi connectivity index (χ0v) is 18.0. The van der Waals surface area contributed by atoms with Gasteiger partial charge in [0.2, 0.25) is 16.0 Å². The lowest BCUT2D eigenvalue weighted by Gasteiger charge is -2.13. The normalized spacial score (nSPS) is 11.3. The van der Waals surface area contributed by atoms with Crippen molar-refractivity contribution in [3.8, 4) is 17.0 Å². The van der Waals surface area contributed by atoms with Gasteiger partial charge in [-0.25, -0.2) is 18.5 Å². The number of ether oxygens (including phenoxy) is 1. The molecule has 0 aliphatic heterocycles. The predicted molar refractivity (Wildman–Crippen MR) is 118 cm³/mol. The fourth-order valence-electron chi connectivity index (χ4n) is 3.16. The quantitative estimate of drug-likeness (QED) is 0.528. The average Bonchev–Trinajstić information content (AvgIpc) is 2.68. The second-order valence-electron chi connectivity index (χ2n) is 7.00. The highest BCUT2D eigenvalue weighted by atomic mass is 32.2. The minimum atomic E-state index is -3.68. The Kier molecular flexibility index (Phi) is 6.23. The summed E-state index contributed by atoms with van der Waals surface area (Å²) in [7, 11) is -2.04. The Labute approximate surface area is 176 Å². The van der Waals surface area contributed by atoms with Gasteiger partial charge in [-0.2, -0.15) is 4.98 Å². The van der Waals surface area contributed by atoms with Crippen molar-refractivity contribution in [2.75, 3.05) is 24.7 Å². The molecule has 3 aromatic rings. The molecule has 0 amide bonds. The van der Waals surface area contributed by atoms with Gasteiger partial charge < -0.3 is 15.8 Å². The Balaban J connectivity index is 1.74. The van der Waals surface area contributed by atoms with E-state index in [2.05, 4.69) is 15.3 Å². The van der Waals surface area contributed by atoms with Gasteiger partial charge in [0, 0.05) is 18.2 Å². The summed E-state index contributed by atoms with van der Waals surface area (Å²) in [4.78, 5) is 8.73. The Morgan fingerprint density at radius 1 is 1.03 bits per heavy atom. The molecular formula is C21H25N5O3S. The van der Waals surface area contributed by atoms with Crippen molar-refractivity contribution in [2.45, 2.75) is 25.2 Å². The van der Waals surface area contributed by atoms with Crippen LogP contribution in [-0.4, -0.2) is 32.0 Å². The molecule has 2 aromatic carbocycles. The van der Waals surface area contributed by atoms with Crippen molar-refractivity contribution < 1.29 is 13.2 Å². The largest absolute Gasteiger partial charge is 0.496 e. The highest BCUT2D eigenvalue weighted by molar-refractivity contribution is 7.89. The van der Waals surface area contributed by atoms with Crippen LogP contribution in [0.4, 0.5) is 11.8 Å². The van der Waals surface area contributed by atoms with Gasteiger partial charge in [0.15, 0.2) is 0 Å². The zero-order valence-electron chi connectivity index (χ0n) is 17.1.